The highest BCUT2D eigenvalue weighted by molar-refractivity contribution is 7.99. The maximum Gasteiger partial charge on any atom is 0.148 e. The van der Waals surface area contributed by atoms with Crippen LogP contribution in [0.3, 0.4) is 0 Å². The summed E-state index contributed by atoms with van der Waals surface area (Å²) in [6, 6.07) is 0. The number of rotatable bonds is 5. The third-order valence-electron chi connectivity index (χ3n) is 3.46. The van der Waals surface area contributed by atoms with Crippen LogP contribution in [0.1, 0.15) is 32.1 Å². The van der Waals surface area contributed by atoms with E-state index in [4.69, 9.17) is 4.74 Å². The van der Waals surface area contributed by atoms with Gasteiger partial charge in [-0.3, -0.25) is 4.79 Å². The van der Waals surface area contributed by atoms with Crippen molar-refractivity contribution in [2.75, 3.05) is 24.7 Å². The van der Waals surface area contributed by atoms with Gasteiger partial charge in [-0.2, -0.15) is 11.8 Å². The molecule has 2 rings (SSSR count). The van der Waals surface area contributed by atoms with Gasteiger partial charge in [-0.15, -0.1) is 0 Å². The zero-order chi connectivity index (χ0) is 10.5. The van der Waals surface area contributed by atoms with Gasteiger partial charge in [0.2, 0.25) is 0 Å². The van der Waals surface area contributed by atoms with Crippen molar-refractivity contribution in [3.8, 4) is 0 Å². The topological polar surface area (TPSA) is 26.3 Å². The average Bonchev–Trinajstić information content (AvgIpc) is 2.90. The highest BCUT2D eigenvalue weighted by Crippen LogP contribution is 2.28. The Hall–Kier alpha value is -0.0200. The predicted octanol–water partition coefficient (Wildman–Crippen LogP) is 2.52. The Morgan fingerprint density at radius 3 is 2.73 bits per heavy atom. The Bertz CT molecular complexity index is 206. The first-order valence-electron chi connectivity index (χ1n) is 6.04. The summed E-state index contributed by atoms with van der Waals surface area (Å²) in [4.78, 5) is 11.7. The monoisotopic (exact) mass is 228 g/mol. The molecule has 2 nitrogen and oxygen atoms in total. The van der Waals surface area contributed by atoms with Crippen LogP contribution < -0.4 is 0 Å². The summed E-state index contributed by atoms with van der Waals surface area (Å²) in [5, 5.41) is 0. The molecule has 0 N–H and O–H groups in total. The number of carbonyl (C=O) groups excluding carboxylic acids is 1. The second-order valence-corrected chi connectivity index (χ2v) is 5.72. The zero-order valence-corrected chi connectivity index (χ0v) is 10.1. The van der Waals surface area contributed by atoms with Crippen LogP contribution in [-0.2, 0) is 9.53 Å². The van der Waals surface area contributed by atoms with Gasteiger partial charge in [-0.05, 0) is 30.9 Å². The van der Waals surface area contributed by atoms with Gasteiger partial charge in [0, 0.05) is 12.5 Å². The van der Waals surface area contributed by atoms with E-state index in [1.807, 2.05) is 11.8 Å². The average molecular weight is 228 g/mol. The number of carbonyl (C=O) groups is 1. The molecule has 86 valence electrons. The van der Waals surface area contributed by atoms with Gasteiger partial charge in [0.05, 0.1) is 12.4 Å². The second kappa shape index (κ2) is 5.90. The van der Waals surface area contributed by atoms with E-state index >= 15 is 0 Å². The van der Waals surface area contributed by atoms with Crippen LogP contribution in [0.5, 0.6) is 0 Å². The second-order valence-electron chi connectivity index (χ2n) is 4.69. The van der Waals surface area contributed by atoms with Crippen molar-refractivity contribution in [3.05, 3.63) is 0 Å². The first-order chi connectivity index (χ1) is 7.36. The van der Waals surface area contributed by atoms with Gasteiger partial charge in [0.25, 0.3) is 0 Å². The lowest BCUT2D eigenvalue weighted by Crippen LogP contribution is -2.17. The zero-order valence-electron chi connectivity index (χ0n) is 9.24. The van der Waals surface area contributed by atoms with E-state index in [0.717, 1.165) is 18.9 Å². The predicted molar refractivity (Wildman–Crippen MR) is 63.2 cm³/mol. The van der Waals surface area contributed by atoms with E-state index in [1.165, 1.54) is 31.4 Å². The summed E-state index contributed by atoms with van der Waals surface area (Å²) in [6.45, 7) is 1.45. The molecule has 0 spiro atoms. The van der Waals surface area contributed by atoms with Gasteiger partial charge in [0.15, 0.2) is 0 Å². The van der Waals surface area contributed by atoms with E-state index < -0.39 is 0 Å². The fourth-order valence-electron chi connectivity index (χ4n) is 2.41. The Morgan fingerprint density at radius 1 is 1.27 bits per heavy atom. The quantitative estimate of drug-likeness (QED) is 0.723. The van der Waals surface area contributed by atoms with Crippen molar-refractivity contribution in [1.29, 1.82) is 0 Å². The number of thioether (sulfide) groups is 1. The molecule has 1 saturated carbocycles. The number of Topliss-reactive ketones (excluding diaryl/α,β-unsaturated/α-hetero) is 1. The molecule has 1 saturated heterocycles. The van der Waals surface area contributed by atoms with Gasteiger partial charge in [-0.1, -0.05) is 12.8 Å². The molecular weight excluding hydrogens is 208 g/mol. The van der Waals surface area contributed by atoms with Gasteiger partial charge < -0.3 is 4.74 Å². The molecule has 0 aromatic rings. The van der Waals surface area contributed by atoms with Crippen LogP contribution in [0.2, 0.25) is 0 Å². The van der Waals surface area contributed by atoms with Crippen molar-refractivity contribution >= 4 is 17.5 Å². The summed E-state index contributed by atoms with van der Waals surface area (Å²) in [5.74, 6) is 3.42. The van der Waals surface area contributed by atoms with E-state index in [1.54, 1.807) is 0 Å². The Kier molecular flexibility index (Phi) is 4.51. The van der Waals surface area contributed by atoms with E-state index in [-0.39, 0.29) is 5.92 Å². The van der Waals surface area contributed by atoms with Crippen LogP contribution >= 0.6 is 11.8 Å². The first-order valence-corrected chi connectivity index (χ1v) is 7.20. The Morgan fingerprint density at radius 2 is 2.07 bits per heavy atom. The van der Waals surface area contributed by atoms with Crippen molar-refractivity contribution in [2.45, 2.75) is 32.1 Å². The third kappa shape index (κ3) is 3.49. The molecule has 1 aliphatic carbocycles. The van der Waals surface area contributed by atoms with Crippen LogP contribution in [-0.4, -0.2) is 30.5 Å². The molecule has 2 fully saturated rings. The number of ketones is 1. The summed E-state index contributed by atoms with van der Waals surface area (Å²) in [5.41, 5.74) is 0. The lowest BCUT2D eigenvalue weighted by Gasteiger charge is -2.09. The number of hydrogen-bond acceptors (Lipinski definition) is 3. The van der Waals surface area contributed by atoms with Crippen LogP contribution in [0, 0.1) is 11.8 Å². The Balaban J connectivity index is 1.58. The maximum atomic E-state index is 11.7. The molecule has 0 aromatic carbocycles. The molecule has 0 radical (unpaired) electrons. The fraction of sp³-hybridized carbons (Fsp3) is 0.917. The van der Waals surface area contributed by atoms with E-state index in [9.17, 15) is 4.79 Å². The number of hydrogen-bond donors (Lipinski definition) is 0. The molecule has 3 heteroatoms. The molecule has 0 bridgehead atoms. The fourth-order valence-corrected chi connectivity index (χ4v) is 3.63. The van der Waals surface area contributed by atoms with Crippen molar-refractivity contribution in [2.24, 2.45) is 11.8 Å². The van der Waals surface area contributed by atoms with Crippen molar-refractivity contribution < 1.29 is 9.53 Å². The van der Waals surface area contributed by atoms with Crippen LogP contribution in [0.25, 0.3) is 0 Å². The first kappa shape index (κ1) is 11.5. The molecule has 0 aromatic heterocycles. The molecule has 1 aliphatic heterocycles. The van der Waals surface area contributed by atoms with Crippen LogP contribution in [0.4, 0.5) is 0 Å². The normalized spacial score (nSPS) is 27.3. The Labute approximate surface area is 96.1 Å². The van der Waals surface area contributed by atoms with Gasteiger partial charge in [0.1, 0.15) is 5.78 Å². The molecule has 1 heterocycles. The SMILES string of the molecule is O=C(CSCC1CCCC1)C1CCOC1. The largest absolute Gasteiger partial charge is 0.381 e. The summed E-state index contributed by atoms with van der Waals surface area (Å²) >= 11 is 1.84. The van der Waals surface area contributed by atoms with Gasteiger partial charge in [-0.25, -0.2) is 0 Å². The molecule has 15 heavy (non-hydrogen) atoms. The summed E-state index contributed by atoms with van der Waals surface area (Å²) in [7, 11) is 0. The molecule has 2 aliphatic rings. The summed E-state index contributed by atoms with van der Waals surface area (Å²) < 4.78 is 5.23. The van der Waals surface area contributed by atoms with E-state index in [0.29, 0.717) is 18.1 Å². The van der Waals surface area contributed by atoms with Crippen molar-refractivity contribution in [3.63, 3.8) is 0 Å². The molecule has 1 unspecified atom stereocenters. The lowest BCUT2D eigenvalue weighted by molar-refractivity contribution is -0.120. The lowest BCUT2D eigenvalue weighted by atomic mass is 10.1. The van der Waals surface area contributed by atoms with Crippen LogP contribution in [0.15, 0.2) is 0 Å². The molecular formula is C12H20O2S. The highest BCUT2D eigenvalue weighted by Gasteiger charge is 2.23. The smallest absolute Gasteiger partial charge is 0.148 e. The number of ether oxygens (including phenoxy) is 1. The minimum Gasteiger partial charge on any atom is -0.381 e. The molecule has 0 amide bonds. The minimum absolute atomic E-state index is 0.209. The maximum absolute atomic E-state index is 11.7. The van der Waals surface area contributed by atoms with Crippen molar-refractivity contribution in [1.82, 2.24) is 0 Å². The third-order valence-corrected chi connectivity index (χ3v) is 4.65. The minimum atomic E-state index is 0.209. The van der Waals surface area contributed by atoms with E-state index in [2.05, 4.69) is 0 Å². The highest BCUT2D eigenvalue weighted by atomic mass is 32.2. The summed E-state index contributed by atoms with van der Waals surface area (Å²) in [6.07, 6.45) is 6.51. The standard InChI is InChI=1S/C12H20O2S/c13-12(11-5-6-14-7-11)9-15-8-10-3-1-2-4-10/h10-11H,1-9H2. The van der Waals surface area contributed by atoms with Gasteiger partial charge >= 0.3 is 0 Å². The molecule has 1 atom stereocenters.